The van der Waals surface area contributed by atoms with Crippen LogP contribution in [0.3, 0.4) is 0 Å². The molecular weight excluding hydrogens is 183 g/mol. The molecule has 0 aliphatic rings. The molecule has 3 nitrogen and oxygen atoms in total. The molecule has 0 bridgehead atoms. The van der Waals surface area contributed by atoms with Gasteiger partial charge in [0.1, 0.15) is 0 Å². The molecule has 0 aromatic rings. The van der Waals surface area contributed by atoms with E-state index in [0.717, 1.165) is 19.4 Å². The zero-order chi connectivity index (χ0) is 8.36. The molecule has 0 saturated carbocycles. The Morgan fingerprint density at radius 1 is 1.00 bits per heavy atom. The molecule has 0 amide bonds. The zero-order valence-corrected chi connectivity index (χ0v) is 11.3. The summed E-state index contributed by atoms with van der Waals surface area (Å²) in [4.78, 5) is 0. The molecule has 4 heteroatoms. The molecule has 0 radical (unpaired) electrons. The minimum absolute atomic E-state index is 0. The fourth-order valence-corrected chi connectivity index (χ4v) is 0.627. The van der Waals surface area contributed by atoms with E-state index in [4.69, 9.17) is 9.47 Å². The minimum Gasteiger partial charge on any atom is -0.853 e. The average molecular weight is 200 g/mol. The normalized spacial score (nSPS) is 9.50. The van der Waals surface area contributed by atoms with Crippen LogP contribution in [-0.4, -0.2) is 33.0 Å². The molecular formula is C8H17KO3. The summed E-state index contributed by atoms with van der Waals surface area (Å²) in [5, 5.41) is 9.90. The number of hydrogen-bond donors (Lipinski definition) is 0. The summed E-state index contributed by atoms with van der Waals surface area (Å²) in [7, 11) is 0. The van der Waals surface area contributed by atoms with Gasteiger partial charge in [0.15, 0.2) is 0 Å². The monoisotopic (exact) mass is 200 g/mol. The summed E-state index contributed by atoms with van der Waals surface area (Å²) in [6, 6.07) is 0. The van der Waals surface area contributed by atoms with Gasteiger partial charge in [-0.25, -0.2) is 0 Å². The molecule has 0 rings (SSSR count). The van der Waals surface area contributed by atoms with E-state index in [2.05, 4.69) is 6.92 Å². The first kappa shape index (κ1) is 16.0. The van der Waals surface area contributed by atoms with Gasteiger partial charge in [-0.05, 0) is 6.42 Å². The summed E-state index contributed by atoms with van der Waals surface area (Å²) >= 11 is 0. The van der Waals surface area contributed by atoms with Crippen molar-refractivity contribution in [2.45, 2.75) is 19.8 Å². The van der Waals surface area contributed by atoms with Gasteiger partial charge in [0.2, 0.25) is 0 Å². The third-order valence-corrected chi connectivity index (χ3v) is 1.24. The van der Waals surface area contributed by atoms with Crippen molar-refractivity contribution < 1.29 is 66.0 Å². The van der Waals surface area contributed by atoms with E-state index in [1.165, 1.54) is 0 Å². The molecule has 0 saturated heterocycles. The average Bonchev–Trinajstić information content (AvgIpc) is 2.03. The Bertz CT molecular complexity index is 63.3. The first-order valence-corrected chi connectivity index (χ1v) is 4.15. The van der Waals surface area contributed by atoms with Crippen LogP contribution in [0.1, 0.15) is 19.8 Å². The second-order valence-corrected chi connectivity index (χ2v) is 2.28. The van der Waals surface area contributed by atoms with Crippen molar-refractivity contribution in [3.63, 3.8) is 0 Å². The van der Waals surface area contributed by atoms with E-state index in [9.17, 15) is 5.11 Å². The summed E-state index contributed by atoms with van der Waals surface area (Å²) in [5.41, 5.74) is 0. The standard InChI is InChI=1S/C8H17O3.K/c1-2-3-5-10-7-8-11-6-4-9;/h2-8H2,1H3;/q-1;+1. The quantitative estimate of drug-likeness (QED) is 0.314. The molecule has 0 atom stereocenters. The smallest absolute Gasteiger partial charge is 0.853 e. The summed E-state index contributed by atoms with van der Waals surface area (Å²) in [6.45, 7) is 4.23. The van der Waals surface area contributed by atoms with Crippen molar-refractivity contribution in [3.8, 4) is 0 Å². The minimum atomic E-state index is -0.158. The van der Waals surface area contributed by atoms with Crippen molar-refractivity contribution >= 4 is 0 Å². The molecule has 0 aliphatic carbocycles. The number of unbranched alkanes of at least 4 members (excludes halogenated alkanes) is 1. The van der Waals surface area contributed by atoms with Crippen molar-refractivity contribution in [3.05, 3.63) is 0 Å². The largest absolute Gasteiger partial charge is 1.00 e. The molecule has 0 N–H and O–H groups in total. The van der Waals surface area contributed by atoms with Gasteiger partial charge in [0.05, 0.1) is 13.2 Å². The van der Waals surface area contributed by atoms with Crippen LogP contribution in [0.25, 0.3) is 0 Å². The van der Waals surface area contributed by atoms with Gasteiger partial charge in [-0.3, -0.25) is 0 Å². The van der Waals surface area contributed by atoms with Gasteiger partial charge >= 0.3 is 51.4 Å². The predicted octanol–water partition coefficient (Wildman–Crippen LogP) is -2.82. The zero-order valence-electron chi connectivity index (χ0n) is 8.17. The Hall–Kier alpha value is 1.52. The van der Waals surface area contributed by atoms with Gasteiger partial charge in [0, 0.05) is 13.2 Å². The van der Waals surface area contributed by atoms with E-state index in [0.29, 0.717) is 19.8 Å². The summed E-state index contributed by atoms with van der Waals surface area (Å²) < 4.78 is 10.1. The predicted molar refractivity (Wildman–Crippen MR) is 41.4 cm³/mol. The number of rotatable bonds is 8. The second-order valence-electron chi connectivity index (χ2n) is 2.28. The molecule has 0 aromatic carbocycles. The van der Waals surface area contributed by atoms with Crippen molar-refractivity contribution in [1.29, 1.82) is 0 Å². The SMILES string of the molecule is CCCCOCCOCC[O-].[K+]. The van der Waals surface area contributed by atoms with Gasteiger partial charge < -0.3 is 14.6 Å². The molecule has 0 spiro atoms. The second kappa shape index (κ2) is 15.0. The molecule has 0 unspecified atom stereocenters. The molecule has 0 aromatic heterocycles. The number of ether oxygens (including phenoxy) is 2. The van der Waals surface area contributed by atoms with E-state index < -0.39 is 0 Å². The van der Waals surface area contributed by atoms with Crippen LogP contribution in [0.4, 0.5) is 0 Å². The van der Waals surface area contributed by atoms with Crippen molar-refractivity contribution in [2.75, 3.05) is 33.0 Å². The van der Waals surface area contributed by atoms with E-state index in [1.54, 1.807) is 0 Å². The van der Waals surface area contributed by atoms with E-state index in [-0.39, 0.29) is 58.0 Å². The molecule has 12 heavy (non-hydrogen) atoms. The summed E-state index contributed by atoms with van der Waals surface area (Å²) in [6.07, 6.45) is 2.25. The van der Waals surface area contributed by atoms with Crippen LogP contribution in [0.15, 0.2) is 0 Å². The van der Waals surface area contributed by atoms with Crippen molar-refractivity contribution in [1.82, 2.24) is 0 Å². The Morgan fingerprint density at radius 2 is 1.58 bits per heavy atom. The third kappa shape index (κ3) is 14.1. The third-order valence-electron chi connectivity index (χ3n) is 1.24. The van der Waals surface area contributed by atoms with Crippen LogP contribution in [-0.2, 0) is 9.47 Å². The molecule has 68 valence electrons. The van der Waals surface area contributed by atoms with Gasteiger partial charge in [-0.2, -0.15) is 0 Å². The Kier molecular flexibility index (Phi) is 20.0. The molecule has 0 aliphatic heterocycles. The maximum Gasteiger partial charge on any atom is 1.00 e. The molecule has 0 fully saturated rings. The van der Waals surface area contributed by atoms with Crippen LogP contribution < -0.4 is 56.5 Å². The number of hydrogen-bond acceptors (Lipinski definition) is 3. The Morgan fingerprint density at radius 3 is 2.08 bits per heavy atom. The Labute approximate surface area is 117 Å². The van der Waals surface area contributed by atoms with Gasteiger partial charge in [0.25, 0.3) is 0 Å². The van der Waals surface area contributed by atoms with E-state index in [1.807, 2.05) is 0 Å². The van der Waals surface area contributed by atoms with Crippen LogP contribution >= 0.6 is 0 Å². The fourth-order valence-electron chi connectivity index (χ4n) is 0.627. The van der Waals surface area contributed by atoms with Crippen LogP contribution in [0.2, 0.25) is 0 Å². The fraction of sp³-hybridized carbons (Fsp3) is 1.00. The first-order chi connectivity index (χ1) is 5.41. The topological polar surface area (TPSA) is 41.5 Å². The first-order valence-electron chi connectivity index (χ1n) is 4.15. The maximum absolute atomic E-state index is 9.90. The van der Waals surface area contributed by atoms with E-state index >= 15 is 0 Å². The van der Waals surface area contributed by atoms with Gasteiger partial charge in [-0.1, -0.05) is 13.3 Å². The maximum atomic E-state index is 9.90. The van der Waals surface area contributed by atoms with Crippen LogP contribution in [0, 0.1) is 0 Å². The van der Waals surface area contributed by atoms with Gasteiger partial charge in [-0.15, -0.1) is 6.61 Å². The summed E-state index contributed by atoms with van der Waals surface area (Å²) in [5.74, 6) is 0. The van der Waals surface area contributed by atoms with Crippen molar-refractivity contribution in [2.24, 2.45) is 0 Å². The Balaban J connectivity index is 0. The molecule has 0 heterocycles. The van der Waals surface area contributed by atoms with Crippen LogP contribution in [0.5, 0.6) is 0 Å².